The summed E-state index contributed by atoms with van der Waals surface area (Å²) in [6, 6.07) is 11.4. The summed E-state index contributed by atoms with van der Waals surface area (Å²) < 4.78 is 1.97. The van der Waals surface area contributed by atoms with Crippen molar-refractivity contribution in [3.05, 3.63) is 52.8 Å². The molecule has 1 aromatic heterocycles. The number of aromatic nitrogens is 2. The van der Waals surface area contributed by atoms with Crippen molar-refractivity contribution in [2.24, 2.45) is 7.05 Å². The van der Waals surface area contributed by atoms with E-state index >= 15 is 0 Å². The Hall–Kier alpha value is -1.61. The highest BCUT2D eigenvalue weighted by Gasteiger charge is 2.15. The molecule has 0 spiro atoms. The Labute approximate surface area is 122 Å². The average molecular weight is 271 g/mol. The molecule has 0 saturated heterocycles. The van der Waals surface area contributed by atoms with Crippen molar-refractivity contribution in [1.29, 1.82) is 0 Å². The molecule has 108 valence electrons. The van der Waals surface area contributed by atoms with Crippen LogP contribution in [0.2, 0.25) is 0 Å². The molecule has 0 radical (unpaired) electrons. The van der Waals surface area contributed by atoms with E-state index in [2.05, 4.69) is 54.6 Å². The quantitative estimate of drug-likeness (QED) is 0.903. The molecule has 0 aliphatic rings. The van der Waals surface area contributed by atoms with Gasteiger partial charge in [0.25, 0.3) is 0 Å². The summed E-state index contributed by atoms with van der Waals surface area (Å²) in [6.45, 7) is 6.49. The summed E-state index contributed by atoms with van der Waals surface area (Å²) in [5.74, 6) is 0.587. The van der Waals surface area contributed by atoms with Gasteiger partial charge in [-0.2, -0.15) is 5.10 Å². The van der Waals surface area contributed by atoms with Crippen LogP contribution < -0.4 is 5.32 Å². The first-order chi connectivity index (χ1) is 9.51. The summed E-state index contributed by atoms with van der Waals surface area (Å²) in [7, 11) is 4.02. The van der Waals surface area contributed by atoms with Gasteiger partial charge in [-0.3, -0.25) is 4.68 Å². The van der Waals surface area contributed by atoms with E-state index < -0.39 is 0 Å². The first kappa shape index (κ1) is 14.8. The van der Waals surface area contributed by atoms with Gasteiger partial charge in [-0.1, -0.05) is 38.1 Å². The van der Waals surface area contributed by atoms with Gasteiger partial charge in [0.15, 0.2) is 0 Å². The van der Waals surface area contributed by atoms with E-state index in [4.69, 9.17) is 0 Å². The lowest BCUT2D eigenvalue weighted by Crippen LogP contribution is -2.21. The summed E-state index contributed by atoms with van der Waals surface area (Å²) >= 11 is 0. The van der Waals surface area contributed by atoms with E-state index in [-0.39, 0.29) is 0 Å². The van der Waals surface area contributed by atoms with Gasteiger partial charge in [0.05, 0.1) is 17.4 Å². The molecule has 3 heteroatoms. The van der Waals surface area contributed by atoms with Crippen LogP contribution in [0.5, 0.6) is 0 Å². The van der Waals surface area contributed by atoms with E-state index in [1.807, 2.05) is 25.7 Å². The fourth-order valence-electron chi connectivity index (χ4n) is 2.59. The van der Waals surface area contributed by atoms with Crippen molar-refractivity contribution in [3.63, 3.8) is 0 Å². The summed E-state index contributed by atoms with van der Waals surface area (Å²) in [5.41, 5.74) is 5.05. The van der Waals surface area contributed by atoms with Crippen molar-refractivity contribution in [3.8, 4) is 0 Å². The van der Waals surface area contributed by atoms with Crippen molar-refractivity contribution in [2.45, 2.75) is 39.2 Å². The second-order valence-corrected chi connectivity index (χ2v) is 5.78. The lowest BCUT2D eigenvalue weighted by atomic mass is 9.98. The number of likely N-dealkylation sites (N-methyl/N-ethyl adjacent to an activating group) is 1. The molecular weight excluding hydrogens is 246 g/mol. The zero-order valence-electron chi connectivity index (χ0n) is 13.1. The van der Waals surface area contributed by atoms with E-state index in [9.17, 15) is 0 Å². The molecular formula is C17H25N3. The van der Waals surface area contributed by atoms with E-state index in [0.29, 0.717) is 12.0 Å². The molecule has 1 aromatic carbocycles. The molecule has 0 aliphatic heterocycles. The smallest absolute Gasteiger partial charge is 0.0597 e. The molecule has 1 heterocycles. The van der Waals surface area contributed by atoms with Gasteiger partial charge in [0, 0.05) is 7.05 Å². The maximum Gasteiger partial charge on any atom is 0.0597 e. The Morgan fingerprint density at radius 2 is 1.85 bits per heavy atom. The van der Waals surface area contributed by atoms with Gasteiger partial charge in [0.2, 0.25) is 0 Å². The standard InChI is InChI=1S/C17H25N3/c1-12(2)15-8-6-14(7-9-15)11-16(18-4)17-10-13(3)19-20(17)5/h6-10,12,16,18H,11H2,1-5H3. The van der Waals surface area contributed by atoms with Gasteiger partial charge in [0.1, 0.15) is 0 Å². The normalized spacial score (nSPS) is 12.9. The number of aryl methyl sites for hydroxylation is 2. The largest absolute Gasteiger partial charge is 0.311 e. The Morgan fingerprint density at radius 3 is 2.30 bits per heavy atom. The fraction of sp³-hybridized carbons (Fsp3) is 0.471. The van der Waals surface area contributed by atoms with Crippen LogP contribution in [0, 0.1) is 6.92 Å². The lowest BCUT2D eigenvalue weighted by Gasteiger charge is -2.17. The molecule has 0 fully saturated rings. The zero-order valence-corrected chi connectivity index (χ0v) is 13.1. The minimum atomic E-state index is 0.297. The van der Waals surface area contributed by atoms with E-state index in [1.54, 1.807) is 0 Å². The summed E-state index contributed by atoms with van der Waals surface area (Å²) in [4.78, 5) is 0. The molecule has 0 saturated carbocycles. The monoisotopic (exact) mass is 271 g/mol. The Balaban J connectivity index is 2.16. The highest BCUT2D eigenvalue weighted by Crippen LogP contribution is 2.21. The first-order valence-corrected chi connectivity index (χ1v) is 7.28. The van der Waals surface area contributed by atoms with Crippen LogP contribution in [0.4, 0.5) is 0 Å². The highest BCUT2D eigenvalue weighted by molar-refractivity contribution is 5.26. The van der Waals surface area contributed by atoms with Gasteiger partial charge in [-0.05, 0) is 43.5 Å². The van der Waals surface area contributed by atoms with Crippen LogP contribution in [0.25, 0.3) is 0 Å². The summed E-state index contributed by atoms with van der Waals surface area (Å²) in [6.07, 6.45) is 0.980. The second-order valence-electron chi connectivity index (χ2n) is 5.78. The van der Waals surface area contributed by atoms with Crippen molar-refractivity contribution >= 4 is 0 Å². The number of rotatable bonds is 5. The van der Waals surface area contributed by atoms with E-state index in [1.165, 1.54) is 16.8 Å². The minimum Gasteiger partial charge on any atom is -0.311 e. The summed E-state index contributed by atoms with van der Waals surface area (Å²) in [5, 5.41) is 7.83. The van der Waals surface area contributed by atoms with Crippen molar-refractivity contribution < 1.29 is 0 Å². The predicted molar refractivity (Wildman–Crippen MR) is 84.0 cm³/mol. The predicted octanol–water partition coefficient (Wildman–Crippen LogP) is 3.36. The molecule has 3 nitrogen and oxygen atoms in total. The number of nitrogens with zero attached hydrogens (tertiary/aromatic N) is 2. The molecule has 0 aliphatic carbocycles. The molecule has 0 amide bonds. The number of hydrogen-bond donors (Lipinski definition) is 1. The Morgan fingerprint density at radius 1 is 1.20 bits per heavy atom. The molecule has 0 bridgehead atoms. The lowest BCUT2D eigenvalue weighted by molar-refractivity contribution is 0.537. The van der Waals surface area contributed by atoms with Gasteiger partial charge in [-0.15, -0.1) is 0 Å². The first-order valence-electron chi connectivity index (χ1n) is 7.28. The topological polar surface area (TPSA) is 29.9 Å². The second kappa shape index (κ2) is 6.23. The zero-order chi connectivity index (χ0) is 14.7. The van der Waals surface area contributed by atoms with E-state index in [0.717, 1.165) is 12.1 Å². The number of benzene rings is 1. The molecule has 1 N–H and O–H groups in total. The molecule has 20 heavy (non-hydrogen) atoms. The highest BCUT2D eigenvalue weighted by atomic mass is 15.3. The number of hydrogen-bond acceptors (Lipinski definition) is 2. The molecule has 2 aromatic rings. The average Bonchev–Trinajstić information content (AvgIpc) is 2.75. The third kappa shape index (κ3) is 3.28. The molecule has 1 unspecified atom stereocenters. The fourth-order valence-corrected chi connectivity index (χ4v) is 2.59. The van der Waals surface area contributed by atoms with Crippen LogP contribution in [0.15, 0.2) is 30.3 Å². The van der Waals surface area contributed by atoms with Gasteiger partial charge >= 0.3 is 0 Å². The maximum absolute atomic E-state index is 4.44. The van der Waals surface area contributed by atoms with Gasteiger partial charge in [-0.25, -0.2) is 0 Å². The molecule has 2 rings (SSSR count). The number of nitrogens with one attached hydrogen (secondary N) is 1. The SMILES string of the molecule is CNC(Cc1ccc(C(C)C)cc1)c1cc(C)nn1C. The van der Waals surface area contributed by atoms with Gasteiger partial charge < -0.3 is 5.32 Å². The maximum atomic E-state index is 4.44. The Kier molecular flexibility index (Phi) is 4.61. The van der Waals surface area contributed by atoms with Crippen LogP contribution in [0.1, 0.15) is 48.3 Å². The van der Waals surface area contributed by atoms with Crippen LogP contribution >= 0.6 is 0 Å². The molecule has 1 atom stereocenters. The van der Waals surface area contributed by atoms with Crippen molar-refractivity contribution in [1.82, 2.24) is 15.1 Å². The Bertz CT molecular complexity index is 552. The van der Waals surface area contributed by atoms with Crippen LogP contribution in [-0.4, -0.2) is 16.8 Å². The van der Waals surface area contributed by atoms with Crippen LogP contribution in [-0.2, 0) is 13.5 Å². The minimum absolute atomic E-state index is 0.297. The third-order valence-electron chi connectivity index (χ3n) is 3.83. The van der Waals surface area contributed by atoms with Crippen LogP contribution in [0.3, 0.4) is 0 Å². The third-order valence-corrected chi connectivity index (χ3v) is 3.83. The van der Waals surface area contributed by atoms with Crippen molar-refractivity contribution in [2.75, 3.05) is 7.05 Å².